The number of likely N-dealkylation sites (tertiary alicyclic amines) is 1. The van der Waals surface area contributed by atoms with E-state index in [4.69, 9.17) is 4.74 Å². The second kappa shape index (κ2) is 9.19. The molecular formula is C21H25BrN2O2. The van der Waals surface area contributed by atoms with Crippen molar-refractivity contribution in [2.24, 2.45) is 0 Å². The maximum absolute atomic E-state index is 12.2. The molecule has 4 nitrogen and oxygen atoms in total. The summed E-state index contributed by atoms with van der Waals surface area (Å²) in [5.74, 6) is 0.672. The highest BCUT2D eigenvalue weighted by atomic mass is 79.9. The Hall–Kier alpha value is -1.85. The first-order valence-corrected chi connectivity index (χ1v) is 9.84. The molecule has 5 heteroatoms. The minimum Gasteiger partial charge on any atom is -0.484 e. The highest BCUT2D eigenvalue weighted by Gasteiger charge is 2.20. The molecule has 0 aromatic heterocycles. The molecular weight excluding hydrogens is 392 g/mol. The molecule has 0 aliphatic carbocycles. The number of benzene rings is 2. The summed E-state index contributed by atoms with van der Waals surface area (Å²) in [6.45, 7) is 5.05. The molecule has 26 heavy (non-hydrogen) atoms. The van der Waals surface area contributed by atoms with E-state index in [1.54, 1.807) is 0 Å². The first-order chi connectivity index (χ1) is 12.6. The van der Waals surface area contributed by atoms with Crippen molar-refractivity contribution in [3.63, 3.8) is 0 Å². The maximum atomic E-state index is 12.2. The summed E-state index contributed by atoms with van der Waals surface area (Å²) in [4.78, 5) is 14.6. The predicted octanol–water partition coefficient (Wildman–Crippen LogP) is 3.92. The Morgan fingerprint density at radius 2 is 1.92 bits per heavy atom. The van der Waals surface area contributed by atoms with E-state index in [-0.39, 0.29) is 18.6 Å². The lowest BCUT2D eigenvalue weighted by atomic mass is 10.0. The summed E-state index contributed by atoms with van der Waals surface area (Å²) in [6.07, 6.45) is 1.96. The van der Waals surface area contributed by atoms with Crippen LogP contribution in [0.15, 0.2) is 53.0 Å². The van der Waals surface area contributed by atoms with Gasteiger partial charge in [-0.2, -0.15) is 0 Å². The third kappa shape index (κ3) is 5.58. The summed E-state index contributed by atoms with van der Waals surface area (Å²) >= 11 is 3.46. The molecule has 3 rings (SSSR count). The standard InChI is InChI=1S/C21H25BrN2O2/c1-16-13-19(7-8-20(16)22)26-15-21(25)23-18-9-11-24(12-10-18)14-17-5-3-2-4-6-17/h2-8,13,18H,9-12,14-15H2,1H3,(H,23,25). The average molecular weight is 417 g/mol. The lowest BCUT2D eigenvalue weighted by Crippen LogP contribution is -2.45. The Kier molecular flexibility index (Phi) is 6.69. The monoisotopic (exact) mass is 416 g/mol. The number of rotatable bonds is 6. The topological polar surface area (TPSA) is 41.6 Å². The minimum atomic E-state index is -0.0490. The zero-order chi connectivity index (χ0) is 18.4. The summed E-state index contributed by atoms with van der Waals surface area (Å²) in [6, 6.07) is 16.5. The molecule has 1 heterocycles. The van der Waals surface area contributed by atoms with Crippen molar-refractivity contribution in [2.75, 3.05) is 19.7 Å². The number of hydrogen-bond donors (Lipinski definition) is 1. The second-order valence-corrected chi connectivity index (χ2v) is 7.66. The number of ether oxygens (including phenoxy) is 1. The van der Waals surface area contributed by atoms with Gasteiger partial charge in [-0.3, -0.25) is 9.69 Å². The third-order valence-corrected chi connectivity index (χ3v) is 5.59. The molecule has 2 aromatic rings. The number of carbonyl (C=O) groups excluding carboxylic acids is 1. The number of nitrogens with one attached hydrogen (secondary N) is 1. The van der Waals surface area contributed by atoms with Crippen LogP contribution in [0.3, 0.4) is 0 Å². The maximum Gasteiger partial charge on any atom is 0.258 e. The van der Waals surface area contributed by atoms with Crippen LogP contribution in [0.4, 0.5) is 0 Å². The van der Waals surface area contributed by atoms with Gasteiger partial charge >= 0.3 is 0 Å². The molecule has 1 N–H and O–H groups in total. The molecule has 1 saturated heterocycles. The van der Waals surface area contributed by atoms with Gasteiger partial charge in [-0.1, -0.05) is 46.3 Å². The number of aryl methyl sites for hydroxylation is 1. The predicted molar refractivity (Wildman–Crippen MR) is 107 cm³/mol. The van der Waals surface area contributed by atoms with E-state index < -0.39 is 0 Å². The fraction of sp³-hybridized carbons (Fsp3) is 0.381. The van der Waals surface area contributed by atoms with Crippen LogP contribution in [0.5, 0.6) is 5.75 Å². The molecule has 138 valence electrons. The molecule has 0 spiro atoms. The van der Waals surface area contributed by atoms with Crippen molar-refractivity contribution < 1.29 is 9.53 Å². The van der Waals surface area contributed by atoms with Crippen LogP contribution in [-0.2, 0) is 11.3 Å². The Labute approximate surface area is 163 Å². The summed E-state index contributed by atoms with van der Waals surface area (Å²) in [7, 11) is 0. The normalized spacial score (nSPS) is 15.6. The van der Waals surface area contributed by atoms with Gasteiger partial charge in [-0.05, 0) is 49.1 Å². The van der Waals surface area contributed by atoms with Gasteiger partial charge in [0, 0.05) is 30.1 Å². The van der Waals surface area contributed by atoms with Gasteiger partial charge in [0.15, 0.2) is 6.61 Å². The quantitative estimate of drug-likeness (QED) is 0.775. The Morgan fingerprint density at radius 1 is 1.19 bits per heavy atom. The number of halogens is 1. The molecule has 0 bridgehead atoms. The molecule has 1 fully saturated rings. The Bertz CT molecular complexity index is 728. The van der Waals surface area contributed by atoms with Crippen molar-refractivity contribution in [3.8, 4) is 5.75 Å². The number of hydrogen-bond acceptors (Lipinski definition) is 3. The SMILES string of the molecule is Cc1cc(OCC(=O)NC2CCN(Cc3ccccc3)CC2)ccc1Br. The van der Waals surface area contributed by atoms with E-state index in [1.807, 2.05) is 31.2 Å². The summed E-state index contributed by atoms with van der Waals surface area (Å²) < 4.78 is 6.64. The molecule has 0 radical (unpaired) electrons. The molecule has 2 aromatic carbocycles. The fourth-order valence-corrected chi connectivity index (χ4v) is 3.45. The van der Waals surface area contributed by atoms with E-state index in [2.05, 4.69) is 50.4 Å². The number of piperidine rings is 1. The highest BCUT2D eigenvalue weighted by molar-refractivity contribution is 9.10. The van der Waals surface area contributed by atoms with E-state index in [9.17, 15) is 4.79 Å². The number of carbonyl (C=O) groups is 1. The molecule has 1 aliphatic heterocycles. The van der Waals surface area contributed by atoms with Gasteiger partial charge in [-0.25, -0.2) is 0 Å². The third-order valence-electron chi connectivity index (χ3n) is 4.70. The van der Waals surface area contributed by atoms with E-state index in [1.165, 1.54) is 5.56 Å². The zero-order valence-electron chi connectivity index (χ0n) is 15.1. The fourth-order valence-electron chi connectivity index (χ4n) is 3.20. The zero-order valence-corrected chi connectivity index (χ0v) is 16.7. The van der Waals surface area contributed by atoms with Gasteiger partial charge in [0.05, 0.1) is 0 Å². The Morgan fingerprint density at radius 3 is 2.62 bits per heavy atom. The summed E-state index contributed by atoms with van der Waals surface area (Å²) in [5.41, 5.74) is 2.43. The van der Waals surface area contributed by atoms with E-state index in [0.29, 0.717) is 0 Å². The van der Waals surface area contributed by atoms with Gasteiger partial charge in [0.2, 0.25) is 0 Å². The molecule has 1 aliphatic rings. The van der Waals surface area contributed by atoms with Crippen molar-refractivity contribution in [1.29, 1.82) is 0 Å². The largest absolute Gasteiger partial charge is 0.484 e. The average Bonchev–Trinajstić information content (AvgIpc) is 2.65. The number of amides is 1. The lowest BCUT2D eigenvalue weighted by molar-refractivity contribution is -0.124. The van der Waals surface area contributed by atoms with Crippen molar-refractivity contribution in [3.05, 3.63) is 64.1 Å². The molecule has 0 atom stereocenters. The first kappa shape index (κ1) is 18.9. The second-order valence-electron chi connectivity index (χ2n) is 6.80. The molecule has 1 amide bonds. The van der Waals surface area contributed by atoms with Crippen LogP contribution < -0.4 is 10.1 Å². The van der Waals surface area contributed by atoms with Gasteiger partial charge in [-0.15, -0.1) is 0 Å². The lowest BCUT2D eigenvalue weighted by Gasteiger charge is -2.32. The van der Waals surface area contributed by atoms with Crippen LogP contribution in [0.2, 0.25) is 0 Å². The van der Waals surface area contributed by atoms with E-state index in [0.717, 1.165) is 48.3 Å². The van der Waals surface area contributed by atoms with E-state index >= 15 is 0 Å². The molecule has 0 saturated carbocycles. The Balaban J connectivity index is 1.38. The van der Waals surface area contributed by atoms with Crippen LogP contribution in [0, 0.1) is 6.92 Å². The smallest absolute Gasteiger partial charge is 0.258 e. The van der Waals surface area contributed by atoms with Crippen LogP contribution in [0.1, 0.15) is 24.0 Å². The van der Waals surface area contributed by atoms with Crippen LogP contribution in [-0.4, -0.2) is 36.5 Å². The molecule has 0 unspecified atom stereocenters. The summed E-state index contributed by atoms with van der Waals surface area (Å²) in [5, 5.41) is 3.10. The van der Waals surface area contributed by atoms with Crippen molar-refractivity contribution in [1.82, 2.24) is 10.2 Å². The van der Waals surface area contributed by atoms with Crippen molar-refractivity contribution in [2.45, 2.75) is 32.4 Å². The number of nitrogens with zero attached hydrogens (tertiary/aromatic N) is 1. The van der Waals surface area contributed by atoms with Gasteiger partial charge in [0.25, 0.3) is 5.91 Å². The first-order valence-electron chi connectivity index (χ1n) is 9.05. The highest BCUT2D eigenvalue weighted by Crippen LogP contribution is 2.21. The minimum absolute atomic E-state index is 0.0490. The van der Waals surface area contributed by atoms with Crippen molar-refractivity contribution >= 4 is 21.8 Å². The van der Waals surface area contributed by atoms with Crippen LogP contribution >= 0.6 is 15.9 Å². The van der Waals surface area contributed by atoms with Crippen LogP contribution in [0.25, 0.3) is 0 Å². The van der Waals surface area contributed by atoms with Gasteiger partial charge in [0.1, 0.15) is 5.75 Å². The van der Waals surface area contributed by atoms with Gasteiger partial charge < -0.3 is 10.1 Å².